The molecule has 1 aliphatic heterocycles. The molecule has 1 saturated heterocycles. The van der Waals surface area contributed by atoms with Gasteiger partial charge in [0.05, 0.1) is 32.6 Å². The van der Waals surface area contributed by atoms with Crippen LogP contribution in [0.3, 0.4) is 0 Å². The lowest BCUT2D eigenvalue weighted by Crippen LogP contribution is -2.35. The van der Waals surface area contributed by atoms with Gasteiger partial charge in [-0.1, -0.05) is 19.0 Å². The first kappa shape index (κ1) is 20.2. The zero-order chi connectivity index (χ0) is 21.3. The van der Waals surface area contributed by atoms with Crippen LogP contribution in [-0.4, -0.2) is 54.5 Å². The van der Waals surface area contributed by atoms with Crippen molar-refractivity contribution in [3.05, 3.63) is 24.1 Å². The fourth-order valence-corrected chi connectivity index (χ4v) is 3.92. The minimum atomic E-state index is 0.158. The normalized spacial score (nSPS) is 16.9. The molecule has 1 unspecified atom stereocenters. The Bertz CT molecular complexity index is 1040. The highest BCUT2D eigenvalue weighted by atomic mass is 16.5. The van der Waals surface area contributed by atoms with Crippen LogP contribution in [0.1, 0.15) is 50.2 Å². The second kappa shape index (κ2) is 8.33. The van der Waals surface area contributed by atoms with Gasteiger partial charge in [0.15, 0.2) is 17.3 Å². The van der Waals surface area contributed by atoms with Gasteiger partial charge in [-0.2, -0.15) is 4.98 Å². The van der Waals surface area contributed by atoms with E-state index in [0.717, 1.165) is 43.0 Å². The topological polar surface area (TPSA) is 95.6 Å². The molecule has 3 heterocycles. The van der Waals surface area contributed by atoms with Crippen molar-refractivity contribution in [2.24, 2.45) is 0 Å². The van der Waals surface area contributed by atoms with Crippen LogP contribution in [0.15, 0.2) is 16.9 Å². The third-order valence-electron chi connectivity index (χ3n) is 5.46. The summed E-state index contributed by atoms with van der Waals surface area (Å²) in [6, 6.07) is 1.90. The summed E-state index contributed by atoms with van der Waals surface area (Å²) in [6.45, 7) is 5.74. The zero-order valence-corrected chi connectivity index (χ0v) is 18.0. The SMILES string of the molecule is COc1cc2c(N3CCCC(c4nc(C(C)C)no4)C3)ncnc2c(OC)c1OC. The third kappa shape index (κ3) is 3.48. The predicted octanol–water partition coefficient (Wildman–Crippen LogP) is 3.55. The maximum Gasteiger partial charge on any atom is 0.231 e. The van der Waals surface area contributed by atoms with Crippen molar-refractivity contribution in [2.45, 2.75) is 38.5 Å². The highest BCUT2D eigenvalue weighted by Gasteiger charge is 2.29. The Labute approximate surface area is 175 Å². The molecule has 0 amide bonds. The van der Waals surface area contributed by atoms with Crippen molar-refractivity contribution in [2.75, 3.05) is 39.3 Å². The number of methoxy groups -OCH3 is 3. The van der Waals surface area contributed by atoms with E-state index in [1.807, 2.05) is 6.07 Å². The van der Waals surface area contributed by atoms with Gasteiger partial charge in [0.2, 0.25) is 11.6 Å². The molecule has 9 nitrogen and oxygen atoms in total. The molecule has 1 aliphatic rings. The second-order valence-corrected chi connectivity index (χ2v) is 7.67. The van der Waals surface area contributed by atoms with E-state index in [9.17, 15) is 0 Å². The zero-order valence-electron chi connectivity index (χ0n) is 18.0. The molecule has 0 saturated carbocycles. The highest BCUT2D eigenvalue weighted by molar-refractivity contribution is 5.97. The summed E-state index contributed by atoms with van der Waals surface area (Å²) in [5.41, 5.74) is 0.683. The van der Waals surface area contributed by atoms with Crippen molar-refractivity contribution < 1.29 is 18.7 Å². The lowest BCUT2D eigenvalue weighted by atomic mass is 9.97. The Morgan fingerprint density at radius 2 is 1.90 bits per heavy atom. The van der Waals surface area contributed by atoms with Crippen LogP contribution >= 0.6 is 0 Å². The Hall–Kier alpha value is -3.10. The molecular formula is C21H27N5O4. The van der Waals surface area contributed by atoms with Crippen molar-refractivity contribution in [1.29, 1.82) is 0 Å². The molecule has 1 fully saturated rings. The molecular weight excluding hydrogens is 386 g/mol. The van der Waals surface area contributed by atoms with E-state index >= 15 is 0 Å². The number of anilines is 1. The van der Waals surface area contributed by atoms with Gasteiger partial charge < -0.3 is 23.6 Å². The molecule has 3 aromatic rings. The van der Waals surface area contributed by atoms with E-state index in [0.29, 0.717) is 28.7 Å². The Morgan fingerprint density at radius 1 is 1.10 bits per heavy atom. The number of hydrogen-bond acceptors (Lipinski definition) is 9. The summed E-state index contributed by atoms with van der Waals surface area (Å²) in [6.07, 6.45) is 3.55. The minimum absolute atomic E-state index is 0.158. The molecule has 0 N–H and O–H groups in total. The number of ether oxygens (including phenoxy) is 3. The van der Waals surface area contributed by atoms with E-state index in [1.54, 1.807) is 27.7 Å². The molecule has 1 aromatic carbocycles. The Morgan fingerprint density at radius 3 is 2.57 bits per heavy atom. The van der Waals surface area contributed by atoms with Crippen molar-refractivity contribution in [1.82, 2.24) is 20.1 Å². The van der Waals surface area contributed by atoms with E-state index in [2.05, 4.69) is 38.9 Å². The Kier molecular flexibility index (Phi) is 5.61. The van der Waals surface area contributed by atoms with Crippen molar-refractivity contribution in [3.8, 4) is 17.2 Å². The largest absolute Gasteiger partial charge is 0.493 e. The second-order valence-electron chi connectivity index (χ2n) is 7.67. The molecule has 0 radical (unpaired) electrons. The quantitative estimate of drug-likeness (QED) is 0.601. The Balaban J connectivity index is 1.73. The summed E-state index contributed by atoms with van der Waals surface area (Å²) in [4.78, 5) is 15.9. The van der Waals surface area contributed by atoms with E-state index in [-0.39, 0.29) is 11.8 Å². The molecule has 0 spiro atoms. The number of aromatic nitrogens is 4. The highest BCUT2D eigenvalue weighted by Crippen LogP contribution is 2.44. The average Bonchev–Trinajstić information content (AvgIpc) is 3.28. The fourth-order valence-electron chi connectivity index (χ4n) is 3.92. The van der Waals surface area contributed by atoms with Gasteiger partial charge in [0.25, 0.3) is 0 Å². The number of hydrogen-bond donors (Lipinski definition) is 0. The van der Waals surface area contributed by atoms with Crippen LogP contribution in [0.4, 0.5) is 5.82 Å². The van der Waals surface area contributed by atoms with Crippen molar-refractivity contribution in [3.63, 3.8) is 0 Å². The maximum atomic E-state index is 5.60. The summed E-state index contributed by atoms with van der Waals surface area (Å²) in [5, 5.41) is 4.97. The molecule has 160 valence electrons. The fraction of sp³-hybridized carbons (Fsp3) is 0.524. The smallest absolute Gasteiger partial charge is 0.231 e. The van der Waals surface area contributed by atoms with Gasteiger partial charge >= 0.3 is 0 Å². The molecule has 30 heavy (non-hydrogen) atoms. The lowest BCUT2D eigenvalue weighted by molar-refractivity contribution is 0.326. The van der Waals surface area contributed by atoms with Gasteiger partial charge in [-0.05, 0) is 18.9 Å². The molecule has 0 bridgehead atoms. The van der Waals surface area contributed by atoms with Crippen LogP contribution < -0.4 is 19.1 Å². The molecule has 1 atom stereocenters. The summed E-state index contributed by atoms with van der Waals surface area (Å²) in [5.74, 6) is 4.28. The van der Waals surface area contributed by atoms with E-state index in [4.69, 9.17) is 18.7 Å². The first-order chi connectivity index (χ1) is 14.6. The third-order valence-corrected chi connectivity index (χ3v) is 5.46. The lowest BCUT2D eigenvalue weighted by Gasteiger charge is -2.32. The van der Waals surface area contributed by atoms with Gasteiger partial charge in [-0.15, -0.1) is 0 Å². The number of rotatable bonds is 6. The van der Waals surface area contributed by atoms with Crippen LogP contribution in [-0.2, 0) is 0 Å². The van der Waals surface area contributed by atoms with Gasteiger partial charge in [-0.3, -0.25) is 0 Å². The summed E-state index contributed by atoms with van der Waals surface area (Å²) < 4.78 is 22.2. The average molecular weight is 413 g/mol. The van der Waals surface area contributed by atoms with E-state index in [1.165, 1.54) is 0 Å². The number of benzene rings is 1. The minimum Gasteiger partial charge on any atom is -0.493 e. The number of nitrogens with zero attached hydrogens (tertiary/aromatic N) is 5. The first-order valence-corrected chi connectivity index (χ1v) is 10.1. The van der Waals surface area contributed by atoms with Crippen LogP contribution in [0.5, 0.6) is 17.2 Å². The van der Waals surface area contributed by atoms with Gasteiger partial charge in [0.1, 0.15) is 17.7 Å². The van der Waals surface area contributed by atoms with Crippen LogP contribution in [0, 0.1) is 0 Å². The standard InChI is InChI=1S/C21H27N5O4/c1-12(2)19-24-21(30-25-19)13-7-6-8-26(10-13)20-14-9-15(27-3)17(28-4)18(29-5)16(14)22-11-23-20/h9,11-13H,6-8,10H2,1-5H3. The van der Waals surface area contributed by atoms with Crippen molar-refractivity contribution >= 4 is 16.7 Å². The monoisotopic (exact) mass is 413 g/mol. The number of piperidine rings is 1. The van der Waals surface area contributed by atoms with Gasteiger partial charge in [-0.25, -0.2) is 9.97 Å². The maximum absolute atomic E-state index is 5.60. The van der Waals surface area contributed by atoms with Gasteiger partial charge in [0, 0.05) is 19.0 Å². The van der Waals surface area contributed by atoms with Crippen LogP contribution in [0.25, 0.3) is 10.9 Å². The molecule has 2 aromatic heterocycles. The predicted molar refractivity (Wildman–Crippen MR) is 112 cm³/mol. The molecule has 9 heteroatoms. The molecule has 4 rings (SSSR count). The summed E-state index contributed by atoms with van der Waals surface area (Å²) >= 11 is 0. The molecule has 0 aliphatic carbocycles. The summed E-state index contributed by atoms with van der Waals surface area (Å²) in [7, 11) is 4.78. The van der Waals surface area contributed by atoms with Crippen LogP contribution in [0.2, 0.25) is 0 Å². The number of fused-ring (bicyclic) bond motifs is 1. The first-order valence-electron chi connectivity index (χ1n) is 10.1. The van der Waals surface area contributed by atoms with E-state index < -0.39 is 0 Å².